The Balaban J connectivity index is 1.95. The minimum Gasteiger partial charge on any atom is -0.410 e. The molecule has 0 aromatic heterocycles. The summed E-state index contributed by atoms with van der Waals surface area (Å²) in [5.41, 5.74) is 0. The van der Waals surface area contributed by atoms with Crippen LogP contribution in [0.4, 0.5) is 9.18 Å². The second-order valence-corrected chi connectivity index (χ2v) is 3.85. The van der Waals surface area contributed by atoms with Gasteiger partial charge in [-0.05, 0) is 12.1 Å². The van der Waals surface area contributed by atoms with Crippen molar-refractivity contribution in [2.75, 3.05) is 13.1 Å². The van der Waals surface area contributed by atoms with E-state index in [-0.39, 0.29) is 11.5 Å². The molecule has 1 fully saturated rings. The topological polar surface area (TPSA) is 46.6 Å². The Morgan fingerprint density at radius 1 is 1.29 bits per heavy atom. The molecule has 1 heterocycles. The molecular formula is C12H12FNO3. The monoisotopic (exact) mass is 237 g/mol. The summed E-state index contributed by atoms with van der Waals surface area (Å²) in [4.78, 5) is 24.1. The van der Waals surface area contributed by atoms with Crippen LogP contribution in [0.15, 0.2) is 24.3 Å². The van der Waals surface area contributed by atoms with Gasteiger partial charge in [-0.15, -0.1) is 0 Å². The molecule has 17 heavy (non-hydrogen) atoms. The van der Waals surface area contributed by atoms with Gasteiger partial charge in [-0.3, -0.25) is 4.79 Å². The van der Waals surface area contributed by atoms with E-state index >= 15 is 0 Å². The number of amides is 1. The molecule has 1 aromatic rings. The maximum absolute atomic E-state index is 12.9. The Bertz CT molecular complexity index is 437. The fourth-order valence-electron chi connectivity index (χ4n) is 1.63. The third-order valence-electron chi connectivity index (χ3n) is 2.58. The van der Waals surface area contributed by atoms with Crippen LogP contribution in [0.2, 0.25) is 0 Å². The number of carbonyl (C=O) groups is 2. The van der Waals surface area contributed by atoms with Crippen LogP contribution in [0.1, 0.15) is 12.8 Å². The molecule has 0 spiro atoms. The van der Waals surface area contributed by atoms with Crippen LogP contribution in [0.5, 0.6) is 5.75 Å². The molecule has 0 saturated carbocycles. The molecule has 0 radical (unpaired) electrons. The molecular weight excluding hydrogens is 225 g/mol. The highest BCUT2D eigenvalue weighted by Gasteiger charge is 2.22. The maximum atomic E-state index is 12.9. The van der Waals surface area contributed by atoms with Crippen molar-refractivity contribution in [3.8, 4) is 5.75 Å². The second-order valence-electron chi connectivity index (χ2n) is 3.85. The Kier molecular flexibility index (Phi) is 3.37. The van der Waals surface area contributed by atoms with Crippen LogP contribution in [0, 0.1) is 5.82 Å². The lowest BCUT2D eigenvalue weighted by Crippen LogP contribution is -2.40. The number of carbonyl (C=O) groups excluding carboxylic acids is 2. The van der Waals surface area contributed by atoms with Crippen LogP contribution in [0.25, 0.3) is 0 Å². The first kappa shape index (κ1) is 11.6. The number of likely N-dealkylation sites (tertiary alicyclic amines) is 1. The molecule has 4 nitrogen and oxygen atoms in total. The zero-order chi connectivity index (χ0) is 12.3. The number of benzene rings is 1. The summed E-state index contributed by atoms with van der Waals surface area (Å²) in [6, 6.07) is 5.40. The Labute approximate surface area is 98.0 Å². The highest BCUT2D eigenvalue weighted by atomic mass is 19.1. The standard InChI is InChI=1S/C12H12FNO3/c13-9-2-1-3-11(8-9)17-12(16)14-6-4-10(15)5-7-14/h1-3,8H,4-7H2. The van der Waals surface area contributed by atoms with Crippen LogP contribution < -0.4 is 4.74 Å². The van der Waals surface area contributed by atoms with Crippen LogP contribution >= 0.6 is 0 Å². The molecule has 2 rings (SSSR count). The van der Waals surface area contributed by atoms with Crippen molar-refractivity contribution in [3.05, 3.63) is 30.1 Å². The average molecular weight is 237 g/mol. The number of ketones is 1. The minimum absolute atomic E-state index is 0.153. The van der Waals surface area contributed by atoms with Gasteiger partial charge in [0.25, 0.3) is 0 Å². The predicted octanol–water partition coefficient (Wildman–Crippen LogP) is 1.99. The van der Waals surface area contributed by atoms with Gasteiger partial charge in [0, 0.05) is 32.0 Å². The number of hydrogen-bond acceptors (Lipinski definition) is 3. The lowest BCUT2D eigenvalue weighted by Gasteiger charge is -2.24. The highest BCUT2D eigenvalue weighted by molar-refractivity contribution is 5.81. The summed E-state index contributed by atoms with van der Waals surface area (Å²) in [5.74, 6) is -0.129. The highest BCUT2D eigenvalue weighted by Crippen LogP contribution is 2.14. The molecule has 5 heteroatoms. The molecule has 1 aliphatic rings. The molecule has 1 aliphatic heterocycles. The van der Waals surface area contributed by atoms with Crippen molar-refractivity contribution in [2.45, 2.75) is 12.8 Å². The molecule has 0 bridgehead atoms. The van der Waals surface area contributed by atoms with E-state index in [1.165, 1.54) is 23.1 Å². The zero-order valence-corrected chi connectivity index (χ0v) is 9.19. The lowest BCUT2D eigenvalue weighted by molar-refractivity contribution is -0.121. The van der Waals surface area contributed by atoms with Crippen LogP contribution in [-0.4, -0.2) is 29.9 Å². The molecule has 90 valence electrons. The van der Waals surface area contributed by atoms with Crippen LogP contribution in [-0.2, 0) is 4.79 Å². The van der Waals surface area contributed by atoms with Crippen molar-refractivity contribution >= 4 is 11.9 Å². The first-order valence-electron chi connectivity index (χ1n) is 5.39. The first-order chi connectivity index (χ1) is 8.15. The Hall–Kier alpha value is -1.91. The normalized spacial score (nSPS) is 15.8. The summed E-state index contributed by atoms with van der Waals surface area (Å²) in [6.07, 6.45) is 0.180. The van der Waals surface area contributed by atoms with Gasteiger partial charge in [-0.1, -0.05) is 6.07 Å². The van der Waals surface area contributed by atoms with E-state index in [9.17, 15) is 14.0 Å². The van der Waals surface area contributed by atoms with E-state index in [2.05, 4.69) is 0 Å². The number of piperidine rings is 1. The number of ether oxygens (including phenoxy) is 1. The van der Waals surface area contributed by atoms with Crippen molar-refractivity contribution in [3.63, 3.8) is 0 Å². The van der Waals surface area contributed by atoms with Crippen molar-refractivity contribution in [1.82, 2.24) is 4.90 Å². The van der Waals surface area contributed by atoms with E-state index < -0.39 is 11.9 Å². The van der Waals surface area contributed by atoms with Gasteiger partial charge in [0.15, 0.2) is 0 Å². The van der Waals surface area contributed by atoms with Crippen molar-refractivity contribution in [2.24, 2.45) is 0 Å². The van der Waals surface area contributed by atoms with E-state index in [1.54, 1.807) is 0 Å². The molecule has 0 N–H and O–H groups in total. The quantitative estimate of drug-likeness (QED) is 0.750. The average Bonchev–Trinajstić information content (AvgIpc) is 2.29. The lowest BCUT2D eigenvalue weighted by atomic mass is 10.1. The molecule has 1 saturated heterocycles. The molecule has 0 unspecified atom stereocenters. The summed E-state index contributed by atoms with van der Waals surface area (Å²) in [7, 11) is 0. The van der Waals surface area contributed by atoms with Gasteiger partial charge in [0.1, 0.15) is 17.3 Å². The number of halogens is 1. The molecule has 1 aromatic carbocycles. The SMILES string of the molecule is O=C1CCN(C(=O)Oc2cccc(F)c2)CC1. The van der Waals surface area contributed by atoms with E-state index in [0.29, 0.717) is 25.9 Å². The van der Waals surface area contributed by atoms with Gasteiger partial charge in [-0.2, -0.15) is 0 Å². The number of rotatable bonds is 1. The van der Waals surface area contributed by atoms with Gasteiger partial charge in [0.05, 0.1) is 0 Å². The fourth-order valence-corrected chi connectivity index (χ4v) is 1.63. The smallest absolute Gasteiger partial charge is 0.410 e. The van der Waals surface area contributed by atoms with Crippen LogP contribution in [0.3, 0.4) is 0 Å². The third-order valence-corrected chi connectivity index (χ3v) is 2.58. The van der Waals surface area contributed by atoms with Gasteiger partial charge < -0.3 is 9.64 Å². The molecule has 0 aliphatic carbocycles. The van der Waals surface area contributed by atoms with E-state index in [0.717, 1.165) is 6.07 Å². The number of hydrogen-bond donors (Lipinski definition) is 0. The minimum atomic E-state index is -0.539. The summed E-state index contributed by atoms with van der Waals surface area (Å²) in [6.45, 7) is 0.736. The fraction of sp³-hybridized carbons (Fsp3) is 0.333. The maximum Gasteiger partial charge on any atom is 0.415 e. The van der Waals surface area contributed by atoms with Gasteiger partial charge >= 0.3 is 6.09 Å². The van der Waals surface area contributed by atoms with Gasteiger partial charge in [-0.25, -0.2) is 9.18 Å². The Morgan fingerprint density at radius 3 is 2.65 bits per heavy atom. The molecule has 0 atom stereocenters. The second kappa shape index (κ2) is 4.95. The van der Waals surface area contributed by atoms with Gasteiger partial charge in [0.2, 0.25) is 0 Å². The summed E-state index contributed by atoms with van der Waals surface area (Å²) in [5, 5.41) is 0. The van der Waals surface area contributed by atoms with E-state index in [1.807, 2.05) is 0 Å². The van der Waals surface area contributed by atoms with Crippen molar-refractivity contribution < 1.29 is 18.7 Å². The summed E-state index contributed by atoms with van der Waals surface area (Å²) >= 11 is 0. The zero-order valence-electron chi connectivity index (χ0n) is 9.19. The summed E-state index contributed by atoms with van der Waals surface area (Å²) < 4.78 is 17.9. The third kappa shape index (κ3) is 3.03. The molecule has 1 amide bonds. The largest absolute Gasteiger partial charge is 0.415 e. The number of nitrogens with zero attached hydrogens (tertiary/aromatic N) is 1. The van der Waals surface area contributed by atoms with E-state index in [4.69, 9.17) is 4.74 Å². The Morgan fingerprint density at radius 2 is 2.00 bits per heavy atom. The predicted molar refractivity (Wildman–Crippen MR) is 58.2 cm³/mol. The van der Waals surface area contributed by atoms with Crippen molar-refractivity contribution in [1.29, 1.82) is 0 Å². The first-order valence-corrected chi connectivity index (χ1v) is 5.39. The number of Topliss-reactive ketones (excluding diaryl/α,β-unsaturated/α-hetero) is 1.